The summed E-state index contributed by atoms with van der Waals surface area (Å²) in [7, 11) is 1.56. The van der Waals surface area contributed by atoms with E-state index in [0.717, 1.165) is 19.4 Å². The molecule has 24 heavy (non-hydrogen) atoms. The normalized spacial score (nSPS) is 16.9. The first-order valence-electron chi connectivity index (χ1n) is 8.01. The molecule has 1 aromatic rings. The highest BCUT2D eigenvalue weighted by molar-refractivity contribution is 6.01. The topological polar surface area (TPSA) is 79.5 Å². The zero-order valence-electron chi connectivity index (χ0n) is 14.3. The molecule has 1 aliphatic rings. The van der Waals surface area contributed by atoms with Crippen LogP contribution in [0, 0.1) is 11.8 Å². The van der Waals surface area contributed by atoms with Gasteiger partial charge in [0.1, 0.15) is 5.75 Å². The molecule has 3 N–H and O–H groups in total. The molecule has 1 atom stereocenters. The number of hydrogen-bond acceptors (Lipinski definition) is 4. The maximum Gasteiger partial charge on any atom is 0.228 e. The van der Waals surface area contributed by atoms with Crippen molar-refractivity contribution in [3.63, 3.8) is 0 Å². The van der Waals surface area contributed by atoms with E-state index in [1.54, 1.807) is 25.3 Å². The van der Waals surface area contributed by atoms with E-state index in [9.17, 15) is 9.59 Å². The lowest BCUT2D eigenvalue weighted by Crippen LogP contribution is -2.37. The van der Waals surface area contributed by atoms with Gasteiger partial charge in [0.15, 0.2) is 0 Å². The summed E-state index contributed by atoms with van der Waals surface area (Å²) >= 11 is 0. The van der Waals surface area contributed by atoms with Crippen molar-refractivity contribution in [3.05, 3.63) is 18.2 Å². The Morgan fingerprint density at radius 3 is 2.58 bits per heavy atom. The van der Waals surface area contributed by atoms with E-state index >= 15 is 0 Å². The largest absolute Gasteiger partial charge is 0.497 e. The molecule has 2 rings (SSSR count). The average Bonchev–Trinajstić information content (AvgIpc) is 2.56. The summed E-state index contributed by atoms with van der Waals surface area (Å²) in [5.74, 6) is 0.309. The smallest absolute Gasteiger partial charge is 0.228 e. The minimum absolute atomic E-state index is 0. The summed E-state index contributed by atoms with van der Waals surface area (Å²) in [6.45, 7) is 5.29. The molecule has 134 valence electrons. The van der Waals surface area contributed by atoms with Crippen LogP contribution >= 0.6 is 12.4 Å². The summed E-state index contributed by atoms with van der Waals surface area (Å²) in [6.07, 6.45) is 1.88. The molecule has 1 fully saturated rings. The van der Waals surface area contributed by atoms with Gasteiger partial charge in [-0.3, -0.25) is 9.59 Å². The van der Waals surface area contributed by atoms with Gasteiger partial charge in [0.05, 0.1) is 24.4 Å². The van der Waals surface area contributed by atoms with Crippen LogP contribution in [0.4, 0.5) is 11.4 Å². The highest BCUT2D eigenvalue weighted by atomic mass is 35.5. The van der Waals surface area contributed by atoms with Gasteiger partial charge in [0, 0.05) is 18.5 Å². The Morgan fingerprint density at radius 1 is 1.25 bits per heavy atom. The number of halogens is 1. The fraction of sp³-hybridized carbons (Fsp3) is 0.529. The minimum Gasteiger partial charge on any atom is -0.497 e. The van der Waals surface area contributed by atoms with Gasteiger partial charge in [0.2, 0.25) is 11.8 Å². The number of rotatable bonds is 5. The quantitative estimate of drug-likeness (QED) is 0.758. The Kier molecular flexibility index (Phi) is 8.01. The SMILES string of the molecule is COc1ccc(NC(=O)C2CCCNC2)c(NC(=O)C(C)C)c1.Cl. The molecule has 0 aromatic heterocycles. The second-order valence-electron chi connectivity index (χ2n) is 6.09. The summed E-state index contributed by atoms with van der Waals surface area (Å²) in [4.78, 5) is 24.4. The van der Waals surface area contributed by atoms with Crippen LogP contribution in [0.25, 0.3) is 0 Å². The summed E-state index contributed by atoms with van der Waals surface area (Å²) in [6, 6.07) is 5.23. The van der Waals surface area contributed by atoms with Gasteiger partial charge in [-0.05, 0) is 31.5 Å². The lowest BCUT2D eigenvalue weighted by Gasteiger charge is -2.23. The summed E-state index contributed by atoms with van der Waals surface area (Å²) < 4.78 is 5.20. The van der Waals surface area contributed by atoms with Crippen molar-refractivity contribution in [2.75, 3.05) is 30.8 Å². The molecule has 1 heterocycles. The van der Waals surface area contributed by atoms with Crippen molar-refractivity contribution in [1.29, 1.82) is 0 Å². The molecular weight excluding hydrogens is 330 g/mol. The van der Waals surface area contributed by atoms with Gasteiger partial charge in [-0.15, -0.1) is 12.4 Å². The number of piperidine rings is 1. The molecule has 0 bridgehead atoms. The number of amides is 2. The molecule has 1 unspecified atom stereocenters. The van der Waals surface area contributed by atoms with E-state index in [1.165, 1.54) is 0 Å². The number of hydrogen-bond donors (Lipinski definition) is 3. The van der Waals surface area contributed by atoms with Crippen LogP contribution in [-0.4, -0.2) is 32.0 Å². The minimum atomic E-state index is -0.146. The number of ether oxygens (including phenoxy) is 1. The fourth-order valence-electron chi connectivity index (χ4n) is 2.45. The van der Waals surface area contributed by atoms with Crippen molar-refractivity contribution in [2.45, 2.75) is 26.7 Å². The zero-order valence-corrected chi connectivity index (χ0v) is 15.2. The molecule has 0 radical (unpaired) electrons. The van der Waals surface area contributed by atoms with Crippen LogP contribution in [0.15, 0.2) is 18.2 Å². The predicted molar refractivity (Wildman–Crippen MR) is 97.9 cm³/mol. The number of benzene rings is 1. The van der Waals surface area contributed by atoms with Gasteiger partial charge in [-0.25, -0.2) is 0 Å². The highest BCUT2D eigenvalue weighted by Gasteiger charge is 2.22. The zero-order chi connectivity index (χ0) is 16.8. The number of carbonyl (C=O) groups is 2. The van der Waals surface area contributed by atoms with E-state index < -0.39 is 0 Å². The Balaban J connectivity index is 0.00000288. The molecule has 0 spiro atoms. The van der Waals surface area contributed by atoms with Crippen LogP contribution in [0.2, 0.25) is 0 Å². The van der Waals surface area contributed by atoms with Crippen molar-refractivity contribution < 1.29 is 14.3 Å². The second kappa shape index (κ2) is 9.49. The molecule has 1 aliphatic heterocycles. The number of anilines is 2. The Bertz CT molecular complexity index is 572. The van der Waals surface area contributed by atoms with Crippen LogP contribution in [-0.2, 0) is 9.59 Å². The fourth-order valence-corrected chi connectivity index (χ4v) is 2.45. The lowest BCUT2D eigenvalue weighted by molar-refractivity contribution is -0.120. The Morgan fingerprint density at radius 2 is 2.00 bits per heavy atom. The third kappa shape index (κ3) is 5.39. The number of nitrogens with one attached hydrogen (secondary N) is 3. The standard InChI is InChI=1S/C17H25N3O3.ClH/c1-11(2)16(21)20-15-9-13(23-3)6-7-14(15)19-17(22)12-5-4-8-18-10-12;/h6-7,9,11-12,18H,4-5,8,10H2,1-3H3,(H,19,22)(H,20,21);1H. The van der Waals surface area contributed by atoms with Crippen LogP contribution in [0.3, 0.4) is 0 Å². The van der Waals surface area contributed by atoms with E-state index in [-0.39, 0.29) is 36.1 Å². The summed E-state index contributed by atoms with van der Waals surface area (Å²) in [5, 5.41) is 9.00. The molecule has 2 amide bonds. The molecule has 6 nitrogen and oxygen atoms in total. The third-order valence-corrected chi connectivity index (χ3v) is 3.93. The van der Waals surface area contributed by atoms with E-state index in [2.05, 4.69) is 16.0 Å². The molecule has 0 aliphatic carbocycles. The maximum absolute atomic E-state index is 12.4. The second-order valence-corrected chi connectivity index (χ2v) is 6.09. The van der Waals surface area contributed by atoms with Crippen molar-refractivity contribution in [1.82, 2.24) is 5.32 Å². The average molecular weight is 356 g/mol. The van der Waals surface area contributed by atoms with E-state index in [4.69, 9.17) is 4.74 Å². The first-order chi connectivity index (χ1) is 11.0. The molecule has 1 saturated heterocycles. The third-order valence-electron chi connectivity index (χ3n) is 3.93. The van der Waals surface area contributed by atoms with Crippen LogP contribution in [0.1, 0.15) is 26.7 Å². The van der Waals surface area contributed by atoms with Gasteiger partial charge in [-0.2, -0.15) is 0 Å². The summed E-state index contributed by atoms with van der Waals surface area (Å²) in [5.41, 5.74) is 1.15. The van der Waals surface area contributed by atoms with Crippen LogP contribution in [0.5, 0.6) is 5.75 Å². The van der Waals surface area contributed by atoms with Gasteiger partial charge >= 0.3 is 0 Å². The van der Waals surface area contributed by atoms with Gasteiger partial charge < -0.3 is 20.7 Å². The van der Waals surface area contributed by atoms with Crippen molar-refractivity contribution >= 4 is 35.6 Å². The Hall–Kier alpha value is -1.79. The maximum atomic E-state index is 12.4. The molecule has 1 aromatic carbocycles. The van der Waals surface area contributed by atoms with Crippen molar-refractivity contribution in [2.24, 2.45) is 11.8 Å². The lowest BCUT2D eigenvalue weighted by atomic mass is 9.98. The first-order valence-corrected chi connectivity index (χ1v) is 8.01. The van der Waals surface area contributed by atoms with Crippen LogP contribution < -0.4 is 20.7 Å². The molecule has 7 heteroatoms. The van der Waals surface area contributed by atoms with Gasteiger partial charge in [0.25, 0.3) is 0 Å². The van der Waals surface area contributed by atoms with Gasteiger partial charge in [-0.1, -0.05) is 13.8 Å². The molecule has 0 saturated carbocycles. The monoisotopic (exact) mass is 355 g/mol. The Labute approximate surface area is 149 Å². The highest BCUT2D eigenvalue weighted by Crippen LogP contribution is 2.28. The van der Waals surface area contributed by atoms with E-state index in [0.29, 0.717) is 23.7 Å². The number of methoxy groups -OCH3 is 1. The number of carbonyl (C=O) groups excluding carboxylic acids is 2. The molecular formula is C17H26ClN3O3. The predicted octanol–water partition coefficient (Wildman–Crippen LogP) is 2.65. The first kappa shape index (κ1) is 20.3. The van der Waals surface area contributed by atoms with Crippen molar-refractivity contribution in [3.8, 4) is 5.75 Å². The van der Waals surface area contributed by atoms with E-state index in [1.807, 2.05) is 13.8 Å².